The summed E-state index contributed by atoms with van der Waals surface area (Å²) >= 11 is 0. The highest BCUT2D eigenvalue weighted by atomic mass is 16.1. The zero-order chi connectivity index (χ0) is 7.11. The van der Waals surface area contributed by atoms with Gasteiger partial charge in [0.05, 0.1) is 0 Å². The third-order valence-electron chi connectivity index (χ3n) is 0.703. The molecule has 1 N–H and O–H groups in total. The van der Waals surface area contributed by atoms with Gasteiger partial charge in [0.2, 0.25) is 0 Å². The van der Waals surface area contributed by atoms with E-state index in [-0.39, 0.29) is 0 Å². The Morgan fingerprint density at radius 3 is 2.78 bits per heavy atom. The second kappa shape index (κ2) is 5.16. The van der Waals surface area contributed by atoms with Gasteiger partial charge in [-0.3, -0.25) is 4.79 Å². The maximum Gasteiger partial charge on any atom is 0.142 e. The summed E-state index contributed by atoms with van der Waals surface area (Å²) in [4.78, 5) is 9.77. The number of aldehydes is 1. The molecule has 2 radical (unpaired) electrons. The maximum absolute atomic E-state index is 9.77. The fourth-order valence-corrected chi connectivity index (χ4v) is 0.314. The number of allylic oxidation sites excluding steroid dienone is 3. The van der Waals surface area contributed by atoms with Crippen LogP contribution in [-0.2, 0) is 4.79 Å². The molecule has 0 spiro atoms. The van der Waals surface area contributed by atoms with Crippen LogP contribution < -0.4 is 5.32 Å². The molecule has 3 heteroatoms. The number of carbonyl (C=O) groups excluding carboxylic acids is 1. The average molecular weight is 121 g/mol. The number of nitrogens with one attached hydrogen (secondary N) is 1. The molecule has 46 valence electrons. The largest absolute Gasteiger partial charge is 0.394 e. The molecule has 0 bridgehead atoms. The minimum Gasteiger partial charge on any atom is -0.394 e. The normalized spacial score (nSPS) is 11.9. The lowest BCUT2D eigenvalue weighted by atomic mass is 9.96. The number of hydrogen-bond donors (Lipinski definition) is 1. The van der Waals surface area contributed by atoms with E-state index in [1.165, 1.54) is 6.08 Å². The number of rotatable bonds is 3. The summed E-state index contributed by atoms with van der Waals surface area (Å²) in [5.74, 6) is 0. The number of hydrogen-bond acceptors (Lipinski definition) is 2. The Bertz CT molecular complexity index is 140. The van der Waals surface area contributed by atoms with E-state index in [4.69, 9.17) is 7.85 Å². The second-order valence-electron chi connectivity index (χ2n) is 1.42. The fraction of sp³-hybridized carbons (Fsp3) is 0.167. The van der Waals surface area contributed by atoms with Gasteiger partial charge in [0.25, 0.3) is 0 Å². The van der Waals surface area contributed by atoms with E-state index in [1.54, 1.807) is 19.3 Å². The predicted molar refractivity (Wildman–Crippen MR) is 38.1 cm³/mol. The van der Waals surface area contributed by atoms with Gasteiger partial charge in [0, 0.05) is 7.05 Å². The van der Waals surface area contributed by atoms with E-state index >= 15 is 0 Å². The topological polar surface area (TPSA) is 29.1 Å². The monoisotopic (exact) mass is 121 g/mol. The predicted octanol–water partition coefficient (Wildman–Crippen LogP) is -0.0292. The third kappa shape index (κ3) is 4.88. The SMILES string of the molecule is [B]C(/C=C\NC)=C/C=O. The molecule has 0 aromatic rings. The molecule has 0 aromatic heterocycles. The zero-order valence-electron chi connectivity index (χ0n) is 5.29. The van der Waals surface area contributed by atoms with Gasteiger partial charge in [0.1, 0.15) is 14.1 Å². The van der Waals surface area contributed by atoms with Crippen molar-refractivity contribution in [2.45, 2.75) is 0 Å². The van der Waals surface area contributed by atoms with Crippen molar-refractivity contribution >= 4 is 14.1 Å². The Labute approximate surface area is 56.0 Å². The first kappa shape index (κ1) is 8.01. The molecule has 0 atom stereocenters. The van der Waals surface area contributed by atoms with Crippen molar-refractivity contribution < 1.29 is 4.79 Å². The molecule has 9 heavy (non-hydrogen) atoms. The van der Waals surface area contributed by atoms with E-state index in [1.807, 2.05) is 0 Å². The van der Waals surface area contributed by atoms with E-state index < -0.39 is 0 Å². The quantitative estimate of drug-likeness (QED) is 0.246. The van der Waals surface area contributed by atoms with Crippen molar-refractivity contribution in [3.63, 3.8) is 0 Å². The molecule has 0 fully saturated rings. The van der Waals surface area contributed by atoms with Gasteiger partial charge in [-0.15, -0.1) is 0 Å². The van der Waals surface area contributed by atoms with Gasteiger partial charge in [-0.05, 0) is 12.3 Å². The van der Waals surface area contributed by atoms with Gasteiger partial charge in [-0.25, -0.2) is 0 Å². The van der Waals surface area contributed by atoms with Crippen molar-refractivity contribution in [1.82, 2.24) is 5.32 Å². The summed E-state index contributed by atoms with van der Waals surface area (Å²) in [7, 11) is 7.03. The van der Waals surface area contributed by atoms with E-state index in [0.717, 1.165) is 0 Å². The van der Waals surface area contributed by atoms with Crippen LogP contribution in [0.1, 0.15) is 0 Å². The second-order valence-corrected chi connectivity index (χ2v) is 1.42. The molecule has 0 aliphatic carbocycles. The molecular weight excluding hydrogens is 113 g/mol. The summed E-state index contributed by atoms with van der Waals surface area (Å²) in [6.07, 6.45) is 5.19. The zero-order valence-corrected chi connectivity index (χ0v) is 5.29. The van der Waals surface area contributed by atoms with Gasteiger partial charge in [0.15, 0.2) is 0 Å². The Morgan fingerprint density at radius 2 is 2.33 bits per heavy atom. The van der Waals surface area contributed by atoms with Crippen LogP contribution in [0, 0.1) is 0 Å². The highest BCUT2D eigenvalue weighted by Gasteiger charge is 1.75. The third-order valence-corrected chi connectivity index (χ3v) is 0.703. The van der Waals surface area contributed by atoms with Gasteiger partial charge in [-0.2, -0.15) is 0 Å². The molecule has 0 unspecified atom stereocenters. The maximum atomic E-state index is 9.77. The van der Waals surface area contributed by atoms with Gasteiger partial charge >= 0.3 is 0 Å². The minimum absolute atomic E-state index is 0.444. The van der Waals surface area contributed by atoms with Crippen LogP contribution in [0.25, 0.3) is 0 Å². The van der Waals surface area contributed by atoms with Gasteiger partial charge in [-0.1, -0.05) is 11.5 Å². The van der Waals surface area contributed by atoms with Crippen LogP contribution in [0.4, 0.5) is 0 Å². The Kier molecular flexibility index (Phi) is 4.59. The van der Waals surface area contributed by atoms with Crippen LogP contribution in [0.2, 0.25) is 0 Å². The molecule has 0 saturated carbocycles. The first-order chi connectivity index (χ1) is 4.31. The van der Waals surface area contributed by atoms with Crippen molar-refractivity contribution in [1.29, 1.82) is 0 Å². The van der Waals surface area contributed by atoms with Crippen molar-refractivity contribution in [2.75, 3.05) is 7.05 Å². The van der Waals surface area contributed by atoms with Crippen LogP contribution in [0.5, 0.6) is 0 Å². The summed E-state index contributed by atoms with van der Waals surface area (Å²) in [5.41, 5.74) is 0.444. The first-order valence-electron chi connectivity index (χ1n) is 2.56. The van der Waals surface area contributed by atoms with Crippen molar-refractivity contribution in [3.8, 4) is 0 Å². The molecule has 0 aliphatic heterocycles. The summed E-state index contributed by atoms with van der Waals surface area (Å²) in [5, 5.41) is 2.74. The fourth-order valence-electron chi connectivity index (χ4n) is 0.314. The van der Waals surface area contributed by atoms with E-state index in [2.05, 4.69) is 5.32 Å². The Hall–Kier alpha value is -0.985. The van der Waals surface area contributed by atoms with Crippen molar-refractivity contribution in [3.05, 3.63) is 23.8 Å². The van der Waals surface area contributed by atoms with Crippen LogP contribution in [0.15, 0.2) is 23.8 Å². The van der Waals surface area contributed by atoms with Crippen LogP contribution in [-0.4, -0.2) is 21.2 Å². The Morgan fingerprint density at radius 1 is 1.67 bits per heavy atom. The highest BCUT2D eigenvalue weighted by Crippen LogP contribution is 1.84. The smallest absolute Gasteiger partial charge is 0.142 e. The average Bonchev–Trinajstić information content (AvgIpc) is 1.85. The molecule has 0 aliphatic rings. The lowest BCUT2D eigenvalue weighted by Crippen LogP contribution is -1.91. The lowest BCUT2D eigenvalue weighted by Gasteiger charge is -1.86. The lowest BCUT2D eigenvalue weighted by molar-refractivity contribution is -0.104. The molecule has 0 aromatic carbocycles. The molecule has 0 rings (SSSR count). The standard InChI is InChI=1S/C6H8BNO/c1-8-4-2-6(7)3-5-9/h2-5,8H,1H3/b4-2-,6-3+. The van der Waals surface area contributed by atoms with Gasteiger partial charge < -0.3 is 5.32 Å². The minimum atomic E-state index is 0.444. The first-order valence-corrected chi connectivity index (χ1v) is 2.56. The van der Waals surface area contributed by atoms with E-state index in [0.29, 0.717) is 11.8 Å². The molecule has 0 saturated heterocycles. The summed E-state index contributed by atoms with van der Waals surface area (Å²) < 4.78 is 0. The molecular formula is C6H8BNO. The highest BCUT2D eigenvalue weighted by molar-refractivity contribution is 6.24. The Balaban J connectivity index is 3.74. The molecule has 0 amide bonds. The number of carbonyl (C=O) groups is 1. The molecule has 0 heterocycles. The molecule has 2 nitrogen and oxygen atoms in total. The van der Waals surface area contributed by atoms with E-state index in [9.17, 15) is 4.79 Å². The summed E-state index contributed by atoms with van der Waals surface area (Å²) in [6.45, 7) is 0. The van der Waals surface area contributed by atoms with Crippen LogP contribution in [0.3, 0.4) is 0 Å². The van der Waals surface area contributed by atoms with Crippen LogP contribution >= 0.6 is 0 Å². The van der Waals surface area contributed by atoms with Crippen molar-refractivity contribution in [2.24, 2.45) is 0 Å². The summed E-state index contributed by atoms with van der Waals surface area (Å²) in [6, 6.07) is 0.